The fourth-order valence-corrected chi connectivity index (χ4v) is 12.3. The van der Waals surface area contributed by atoms with Gasteiger partial charge in [0.25, 0.3) is 17.4 Å². The number of rotatable bonds is 10. The largest absolute Gasteiger partial charge is 0.464 e. The lowest BCUT2D eigenvalue weighted by molar-refractivity contribution is -0.158. The third kappa shape index (κ3) is 10.2. The maximum Gasteiger partial charge on any atom is 0.324 e. The maximum atomic E-state index is 17.0. The monoisotopic (exact) mass is 1050 g/mol. The van der Waals surface area contributed by atoms with E-state index in [0.717, 1.165) is 59.8 Å². The first kappa shape index (κ1) is 52.6. The summed E-state index contributed by atoms with van der Waals surface area (Å²) in [6.07, 6.45) is 3.11. The van der Waals surface area contributed by atoms with Crippen LogP contribution in [-0.4, -0.2) is 161 Å². The Kier molecular flexibility index (Phi) is 15.0. The number of amides is 4. The molecule has 0 radical (unpaired) electrons. The van der Waals surface area contributed by atoms with Crippen molar-refractivity contribution in [1.29, 1.82) is 0 Å². The van der Waals surface area contributed by atoms with Gasteiger partial charge >= 0.3 is 5.97 Å². The predicted octanol–water partition coefficient (Wildman–Crippen LogP) is 5.71. The lowest BCUT2D eigenvalue weighted by Crippen LogP contribution is -2.64. The van der Waals surface area contributed by atoms with Crippen LogP contribution < -0.4 is 15.6 Å². The molecule has 6 bridgehead atoms. The van der Waals surface area contributed by atoms with Gasteiger partial charge in [-0.05, 0) is 76.3 Å². The number of nitrogens with one attached hydrogen (secondary N) is 2. The van der Waals surface area contributed by atoms with Crippen molar-refractivity contribution in [3.8, 4) is 22.5 Å². The number of anilines is 1. The number of carbonyl (C=O) groups excluding carboxylic acids is 5. The molecule has 5 aliphatic heterocycles. The quantitative estimate of drug-likeness (QED) is 0.147. The van der Waals surface area contributed by atoms with Crippen molar-refractivity contribution in [2.24, 2.45) is 16.7 Å². The zero-order valence-electron chi connectivity index (χ0n) is 42.9. The number of benzene rings is 1. The number of aromatic nitrogens is 3. The number of likely N-dealkylation sites (tertiary alicyclic amines) is 2. The molecular formula is C52H67ClF2N10O7S. The van der Waals surface area contributed by atoms with Crippen LogP contribution in [0.25, 0.3) is 33.4 Å². The van der Waals surface area contributed by atoms with E-state index in [1.165, 1.54) is 26.1 Å². The number of nitrogens with zero attached hydrogens (tertiary/aromatic N) is 8. The maximum absolute atomic E-state index is 17.0. The number of carbonyl (C=O) groups is 5. The van der Waals surface area contributed by atoms with E-state index < -0.39 is 70.0 Å². The second-order valence-corrected chi connectivity index (χ2v) is 22.9. The van der Waals surface area contributed by atoms with Crippen LogP contribution in [0.3, 0.4) is 0 Å². The average molecular weight is 1050 g/mol. The van der Waals surface area contributed by atoms with E-state index in [9.17, 15) is 28.4 Å². The van der Waals surface area contributed by atoms with Gasteiger partial charge < -0.3 is 39.0 Å². The molecule has 9 rings (SSSR count). The molecule has 5 aliphatic rings. The number of hydrogen-bond donors (Lipinski definition) is 2. The fourth-order valence-electron chi connectivity index (χ4n) is 11.3. The van der Waals surface area contributed by atoms with E-state index in [-0.39, 0.29) is 56.8 Å². The van der Waals surface area contributed by atoms with E-state index in [1.54, 1.807) is 32.4 Å². The summed E-state index contributed by atoms with van der Waals surface area (Å²) in [4.78, 5) is 87.0. The molecule has 73 heavy (non-hydrogen) atoms. The van der Waals surface area contributed by atoms with Crippen LogP contribution >= 0.6 is 22.9 Å². The van der Waals surface area contributed by atoms with E-state index in [4.69, 9.17) is 31.0 Å². The molecule has 0 aliphatic carbocycles. The molecule has 17 nitrogen and oxygen atoms in total. The number of thiazole rings is 1. The molecule has 0 unspecified atom stereocenters. The Balaban J connectivity index is 1.11. The summed E-state index contributed by atoms with van der Waals surface area (Å²) in [7, 11) is 3.78. The molecule has 1 spiro atoms. The first-order valence-electron chi connectivity index (χ1n) is 25.4. The van der Waals surface area contributed by atoms with Crippen LogP contribution in [0.1, 0.15) is 83.2 Å². The van der Waals surface area contributed by atoms with Crippen LogP contribution in [-0.2, 0) is 52.8 Å². The van der Waals surface area contributed by atoms with Gasteiger partial charge in [0.2, 0.25) is 11.8 Å². The molecule has 4 fully saturated rings. The Hall–Kier alpha value is -5.28. The van der Waals surface area contributed by atoms with Crippen molar-refractivity contribution in [1.82, 2.24) is 45.0 Å². The summed E-state index contributed by atoms with van der Waals surface area (Å²) < 4.78 is 44.8. The highest BCUT2D eigenvalue weighted by molar-refractivity contribution is 7.10. The van der Waals surface area contributed by atoms with Crippen molar-refractivity contribution in [2.45, 2.75) is 110 Å². The van der Waals surface area contributed by atoms with E-state index >= 15 is 4.39 Å². The molecule has 4 saturated heterocycles. The molecule has 8 heterocycles. The number of hydrogen-bond acceptors (Lipinski definition) is 13. The summed E-state index contributed by atoms with van der Waals surface area (Å²) in [5, 5.41) is 7.31. The molecule has 0 saturated carbocycles. The standard InChI is InChI=1S/C52H67ClF2N10O7S/c1-9-63-40-21-36(54)33-20-32(40)35(44(63)34-19-31(24-56-42(34)30(4)71-8)61-17-15-60(7)16-18-61)23-51(5,6)28-72-49(69)37-11-10-13-65(59-37)47(67)38(22-41-57-39(33)25-73-41)58-46(66)43(29(2)3)64-14-12-52(50(64)70)26-62(27-52)48(68)45(53)55/h19-21,24-25,29-30,37-38,43,45,59H,9-18,22-23,26-28H2,1-8H3,(H,58,66)/t30-,37-,38-,43-,45-/m0/s1. The van der Waals surface area contributed by atoms with Crippen LogP contribution in [0, 0.1) is 22.6 Å². The van der Waals surface area contributed by atoms with E-state index in [1.807, 2.05) is 40.0 Å². The second kappa shape index (κ2) is 20.8. The van der Waals surface area contributed by atoms with Crippen molar-refractivity contribution >= 4 is 69.1 Å². The molecule has 3 aromatic heterocycles. The molecule has 21 heteroatoms. The summed E-state index contributed by atoms with van der Waals surface area (Å²) in [6.45, 7) is 16.1. The topological polar surface area (TPSA) is 175 Å². The summed E-state index contributed by atoms with van der Waals surface area (Å²) >= 11 is 6.65. The SMILES string of the molecule is CCn1c(-c2cc(N3CCN(C)CC3)cnc2[C@H](C)OC)c2c3cc(c(F)cc31)-c1csc(n1)C[C@H](NC(=O)[C@H](C(C)C)N1CCC3(CN(C(=O)[C@H](F)Cl)C3)C1=O)C(=O)N1CCC[C@H](N1)C(=O)OCC(C)(C)C2. The number of ether oxygens (including phenoxy) is 2. The molecule has 5 atom stereocenters. The van der Waals surface area contributed by atoms with Gasteiger partial charge in [0.05, 0.1) is 57.6 Å². The molecule has 394 valence electrons. The highest BCUT2D eigenvalue weighted by atomic mass is 35.5. The number of alkyl halides is 2. The van der Waals surface area contributed by atoms with Crippen LogP contribution in [0.4, 0.5) is 14.5 Å². The smallest absolute Gasteiger partial charge is 0.324 e. The molecule has 1 aromatic carbocycles. The second-order valence-electron chi connectivity index (χ2n) is 21.6. The van der Waals surface area contributed by atoms with Crippen molar-refractivity contribution < 1.29 is 42.2 Å². The molecule has 2 N–H and O–H groups in total. The Morgan fingerprint density at radius 1 is 1.05 bits per heavy atom. The third-order valence-electron chi connectivity index (χ3n) is 15.4. The van der Waals surface area contributed by atoms with Gasteiger partial charge in [0, 0.05) is 99.7 Å². The van der Waals surface area contributed by atoms with Gasteiger partial charge in [-0.3, -0.25) is 34.0 Å². The fraction of sp³-hybridized carbons (Fsp3) is 0.596. The summed E-state index contributed by atoms with van der Waals surface area (Å²) in [5.41, 5.74) is 4.98. The Morgan fingerprint density at radius 3 is 2.48 bits per heavy atom. The average Bonchev–Trinajstić information content (AvgIpc) is 4.04. The summed E-state index contributed by atoms with van der Waals surface area (Å²) in [5.74, 6) is -3.74. The number of hydrazine groups is 1. The Morgan fingerprint density at radius 2 is 1.79 bits per heavy atom. The van der Waals surface area contributed by atoms with Gasteiger partial charge in [-0.2, -0.15) is 0 Å². The number of halogens is 3. The Labute approximate surface area is 433 Å². The molecule has 4 aromatic rings. The van der Waals surface area contributed by atoms with Crippen LogP contribution in [0.2, 0.25) is 0 Å². The Bertz CT molecular complexity index is 2790. The number of methoxy groups -OCH3 is 1. The molecule has 4 amide bonds. The van der Waals surface area contributed by atoms with Gasteiger partial charge in [-0.15, -0.1) is 11.3 Å². The number of cyclic esters (lactones) is 1. The van der Waals surface area contributed by atoms with Crippen molar-refractivity contribution in [3.05, 3.63) is 51.9 Å². The van der Waals surface area contributed by atoms with Gasteiger partial charge in [0.15, 0.2) is 0 Å². The predicted molar refractivity (Wildman–Crippen MR) is 274 cm³/mol. The highest BCUT2D eigenvalue weighted by Gasteiger charge is 2.58. The minimum absolute atomic E-state index is 0.00643. The van der Waals surface area contributed by atoms with Crippen LogP contribution in [0.5, 0.6) is 0 Å². The van der Waals surface area contributed by atoms with Gasteiger partial charge in [0.1, 0.15) is 23.9 Å². The number of fused-ring (bicyclic) bond motifs is 6. The van der Waals surface area contributed by atoms with Crippen molar-refractivity contribution in [3.63, 3.8) is 0 Å². The number of esters is 1. The number of aryl methyl sites for hydroxylation is 1. The first-order chi connectivity index (χ1) is 34.7. The summed E-state index contributed by atoms with van der Waals surface area (Å²) in [6, 6.07) is 2.50. The third-order valence-corrected chi connectivity index (χ3v) is 16.5. The highest BCUT2D eigenvalue weighted by Crippen LogP contribution is 2.45. The zero-order chi connectivity index (χ0) is 52.3. The minimum Gasteiger partial charge on any atom is -0.464 e. The first-order valence-corrected chi connectivity index (χ1v) is 26.7. The number of likely N-dealkylation sites (N-methyl/N-ethyl adjacent to an activating group) is 1. The number of piperazine rings is 1. The van der Waals surface area contributed by atoms with Crippen molar-refractivity contribution in [2.75, 3.05) is 78.0 Å². The van der Waals surface area contributed by atoms with E-state index in [0.29, 0.717) is 48.4 Å². The molecular weight excluding hydrogens is 982 g/mol. The van der Waals surface area contributed by atoms with Crippen LogP contribution in [0.15, 0.2) is 29.8 Å². The van der Waals surface area contributed by atoms with Gasteiger partial charge in [-0.1, -0.05) is 39.3 Å². The van der Waals surface area contributed by atoms with Gasteiger partial charge in [-0.25, -0.2) is 19.2 Å². The lowest BCUT2D eigenvalue weighted by atomic mass is 9.78. The number of pyridine rings is 1. The minimum atomic E-state index is -2.22. The zero-order valence-corrected chi connectivity index (χ0v) is 44.5. The van der Waals surface area contributed by atoms with E-state index in [2.05, 4.69) is 38.2 Å². The normalized spacial score (nSPS) is 22.9. The lowest BCUT2D eigenvalue weighted by Gasteiger charge is -2.46.